The van der Waals surface area contributed by atoms with E-state index in [0.717, 1.165) is 18.8 Å². The Morgan fingerprint density at radius 3 is 3.08 bits per heavy atom. The van der Waals surface area contributed by atoms with Crippen LogP contribution >= 0.6 is 0 Å². The van der Waals surface area contributed by atoms with Crippen LogP contribution < -0.4 is 4.74 Å². The molecule has 0 saturated carbocycles. The van der Waals surface area contributed by atoms with Crippen molar-refractivity contribution in [2.75, 3.05) is 13.2 Å². The quantitative estimate of drug-likeness (QED) is 0.706. The number of pyridine rings is 1. The van der Waals surface area contributed by atoms with E-state index in [1.807, 2.05) is 12.1 Å². The molecule has 3 heteroatoms. The molecule has 2 rings (SSSR count). The summed E-state index contributed by atoms with van der Waals surface area (Å²) in [6, 6.07) is 3.76. The molecule has 3 nitrogen and oxygen atoms in total. The van der Waals surface area contributed by atoms with Crippen molar-refractivity contribution < 1.29 is 9.47 Å². The summed E-state index contributed by atoms with van der Waals surface area (Å²) in [6.07, 6.45) is 4.52. The minimum Gasteiger partial charge on any atom is -0.489 e. The average Bonchev–Trinajstić information content (AvgIpc) is 2.13. The Morgan fingerprint density at radius 2 is 2.54 bits per heavy atom. The first-order valence-electron chi connectivity index (χ1n) is 4.45. The third-order valence-corrected chi connectivity index (χ3v) is 2.26. The fourth-order valence-electron chi connectivity index (χ4n) is 1.23. The summed E-state index contributed by atoms with van der Waals surface area (Å²) in [5.41, 5.74) is -0.0736. The lowest BCUT2D eigenvalue weighted by Crippen LogP contribution is -2.45. The van der Waals surface area contributed by atoms with Crippen molar-refractivity contribution in [3.63, 3.8) is 0 Å². The van der Waals surface area contributed by atoms with Crippen molar-refractivity contribution in [3.8, 4) is 5.75 Å². The number of nitrogens with zero attached hydrogens (tertiary/aromatic N) is 1. The normalized spacial score (nSPS) is 26.5. The largest absolute Gasteiger partial charge is 0.489 e. The summed E-state index contributed by atoms with van der Waals surface area (Å²) < 4.78 is 10.9. The van der Waals surface area contributed by atoms with Gasteiger partial charge in [-0.3, -0.25) is 4.98 Å². The Labute approximate surface area is 77.7 Å². The second-order valence-corrected chi connectivity index (χ2v) is 3.53. The molecular formula is C10H13NO2. The topological polar surface area (TPSA) is 31.4 Å². The molecule has 0 amide bonds. The minimum absolute atomic E-state index is 0.0736. The van der Waals surface area contributed by atoms with E-state index in [1.54, 1.807) is 12.4 Å². The molecule has 1 saturated heterocycles. The first-order valence-corrected chi connectivity index (χ1v) is 4.45. The van der Waals surface area contributed by atoms with E-state index in [2.05, 4.69) is 11.9 Å². The van der Waals surface area contributed by atoms with E-state index in [1.165, 1.54) is 0 Å². The molecule has 70 valence electrons. The highest BCUT2D eigenvalue weighted by molar-refractivity contribution is 5.15. The molecule has 0 aliphatic carbocycles. The summed E-state index contributed by atoms with van der Waals surface area (Å²) in [6.45, 7) is 3.53. The Kier molecular flexibility index (Phi) is 2.19. The molecule has 1 aliphatic rings. The Balaban J connectivity index is 1.86. The van der Waals surface area contributed by atoms with Gasteiger partial charge >= 0.3 is 0 Å². The predicted molar refractivity (Wildman–Crippen MR) is 48.7 cm³/mol. The number of ether oxygens (including phenoxy) is 2. The van der Waals surface area contributed by atoms with Gasteiger partial charge in [0.15, 0.2) is 0 Å². The monoisotopic (exact) mass is 179 g/mol. The van der Waals surface area contributed by atoms with Crippen LogP contribution in [-0.2, 0) is 4.74 Å². The maximum Gasteiger partial charge on any atom is 0.137 e. The van der Waals surface area contributed by atoms with Gasteiger partial charge < -0.3 is 9.47 Å². The zero-order valence-corrected chi connectivity index (χ0v) is 7.69. The van der Waals surface area contributed by atoms with Crippen LogP contribution in [0.4, 0.5) is 0 Å². The van der Waals surface area contributed by atoms with Crippen LogP contribution in [-0.4, -0.2) is 23.8 Å². The van der Waals surface area contributed by atoms with Gasteiger partial charge in [-0.2, -0.15) is 0 Å². The zero-order valence-electron chi connectivity index (χ0n) is 7.69. The van der Waals surface area contributed by atoms with Gasteiger partial charge in [0.25, 0.3) is 0 Å². The Hall–Kier alpha value is -1.09. The predicted octanol–water partition coefficient (Wildman–Crippen LogP) is 1.64. The molecule has 13 heavy (non-hydrogen) atoms. The van der Waals surface area contributed by atoms with Gasteiger partial charge in [0, 0.05) is 12.6 Å². The van der Waals surface area contributed by atoms with Crippen molar-refractivity contribution >= 4 is 0 Å². The molecule has 2 heterocycles. The van der Waals surface area contributed by atoms with Crippen LogP contribution in [0.15, 0.2) is 24.5 Å². The van der Waals surface area contributed by atoms with Crippen LogP contribution in [0.5, 0.6) is 5.75 Å². The Morgan fingerprint density at radius 1 is 1.69 bits per heavy atom. The van der Waals surface area contributed by atoms with Crippen LogP contribution in [0.3, 0.4) is 0 Å². The SMILES string of the molecule is CC1(COc2cccnc2)CCO1. The lowest BCUT2D eigenvalue weighted by atomic mass is 9.99. The third-order valence-electron chi connectivity index (χ3n) is 2.26. The van der Waals surface area contributed by atoms with Crippen LogP contribution in [0.1, 0.15) is 13.3 Å². The van der Waals surface area contributed by atoms with Crippen LogP contribution in [0.2, 0.25) is 0 Å². The maximum atomic E-state index is 5.53. The van der Waals surface area contributed by atoms with Crippen molar-refractivity contribution in [2.24, 2.45) is 0 Å². The maximum absolute atomic E-state index is 5.53. The molecule has 0 bridgehead atoms. The van der Waals surface area contributed by atoms with E-state index in [4.69, 9.17) is 9.47 Å². The first-order chi connectivity index (χ1) is 6.29. The first kappa shape index (κ1) is 8.51. The highest BCUT2D eigenvalue weighted by Gasteiger charge is 2.33. The summed E-state index contributed by atoms with van der Waals surface area (Å²) >= 11 is 0. The number of hydrogen-bond donors (Lipinski definition) is 0. The van der Waals surface area contributed by atoms with Crippen molar-refractivity contribution in [3.05, 3.63) is 24.5 Å². The standard InChI is InChI=1S/C10H13NO2/c1-10(4-6-13-10)8-12-9-3-2-5-11-7-9/h2-3,5,7H,4,6,8H2,1H3. The van der Waals surface area contributed by atoms with Gasteiger partial charge in [0.2, 0.25) is 0 Å². The van der Waals surface area contributed by atoms with E-state index >= 15 is 0 Å². The fourth-order valence-corrected chi connectivity index (χ4v) is 1.23. The van der Waals surface area contributed by atoms with E-state index in [-0.39, 0.29) is 5.60 Å². The van der Waals surface area contributed by atoms with E-state index < -0.39 is 0 Å². The lowest BCUT2D eigenvalue weighted by Gasteiger charge is -2.37. The van der Waals surface area contributed by atoms with Crippen molar-refractivity contribution in [2.45, 2.75) is 18.9 Å². The summed E-state index contributed by atoms with van der Waals surface area (Å²) in [5, 5.41) is 0. The summed E-state index contributed by atoms with van der Waals surface area (Å²) in [5.74, 6) is 0.805. The number of rotatable bonds is 3. The number of aromatic nitrogens is 1. The second-order valence-electron chi connectivity index (χ2n) is 3.53. The van der Waals surface area contributed by atoms with E-state index in [0.29, 0.717) is 6.61 Å². The van der Waals surface area contributed by atoms with Gasteiger partial charge in [0.1, 0.15) is 18.0 Å². The van der Waals surface area contributed by atoms with Crippen LogP contribution in [0.25, 0.3) is 0 Å². The van der Waals surface area contributed by atoms with Crippen molar-refractivity contribution in [1.82, 2.24) is 4.98 Å². The molecule has 1 atom stereocenters. The molecule has 1 fully saturated rings. The highest BCUT2D eigenvalue weighted by atomic mass is 16.6. The fraction of sp³-hybridized carbons (Fsp3) is 0.500. The molecular weight excluding hydrogens is 166 g/mol. The van der Waals surface area contributed by atoms with Crippen molar-refractivity contribution in [1.29, 1.82) is 0 Å². The highest BCUT2D eigenvalue weighted by Crippen LogP contribution is 2.26. The third kappa shape index (κ3) is 1.98. The molecule has 1 aromatic heterocycles. The molecule has 0 radical (unpaired) electrons. The summed E-state index contributed by atoms with van der Waals surface area (Å²) in [7, 11) is 0. The molecule has 0 aromatic carbocycles. The Bertz CT molecular complexity index is 270. The zero-order chi connectivity index (χ0) is 9.15. The summed E-state index contributed by atoms with van der Waals surface area (Å²) in [4.78, 5) is 3.96. The van der Waals surface area contributed by atoms with Gasteiger partial charge in [0.05, 0.1) is 12.8 Å². The van der Waals surface area contributed by atoms with Gasteiger partial charge in [-0.1, -0.05) is 0 Å². The lowest BCUT2D eigenvalue weighted by molar-refractivity contribution is -0.152. The smallest absolute Gasteiger partial charge is 0.137 e. The number of hydrogen-bond acceptors (Lipinski definition) is 3. The molecule has 0 spiro atoms. The molecule has 1 unspecified atom stereocenters. The second kappa shape index (κ2) is 3.34. The van der Waals surface area contributed by atoms with E-state index in [9.17, 15) is 0 Å². The van der Waals surface area contributed by atoms with Gasteiger partial charge in [-0.15, -0.1) is 0 Å². The molecule has 0 N–H and O–H groups in total. The van der Waals surface area contributed by atoms with Gasteiger partial charge in [-0.05, 0) is 19.1 Å². The molecule has 1 aliphatic heterocycles. The molecule has 1 aromatic rings. The minimum atomic E-state index is -0.0736. The average molecular weight is 179 g/mol. The van der Waals surface area contributed by atoms with Gasteiger partial charge in [-0.25, -0.2) is 0 Å². The van der Waals surface area contributed by atoms with Crippen LogP contribution in [0, 0.1) is 0 Å².